The summed E-state index contributed by atoms with van der Waals surface area (Å²) in [5.74, 6) is -0.625. The molecule has 1 aromatic heterocycles. The molecule has 7 heteroatoms. The molecule has 1 fully saturated rings. The van der Waals surface area contributed by atoms with Gasteiger partial charge in [0.1, 0.15) is 5.75 Å². The Kier molecular flexibility index (Phi) is 5.01. The molecule has 6 nitrogen and oxygen atoms in total. The zero-order valence-electron chi connectivity index (χ0n) is 14.6. The maximum absolute atomic E-state index is 10.9. The van der Waals surface area contributed by atoms with Gasteiger partial charge in [0, 0.05) is 25.3 Å². The summed E-state index contributed by atoms with van der Waals surface area (Å²) in [5, 5.41) is 13.9. The number of aromatic nitrogens is 2. The molecule has 2 aromatic rings. The second kappa shape index (κ2) is 7.06. The molecular weight excluding hydrogens is 342 g/mol. The van der Waals surface area contributed by atoms with Crippen LogP contribution >= 0.6 is 11.6 Å². The first kappa shape index (κ1) is 17.8. The Bertz CT molecular complexity index is 784. The molecule has 0 aliphatic carbocycles. The van der Waals surface area contributed by atoms with Gasteiger partial charge in [0.05, 0.1) is 16.8 Å². The Hall–Kier alpha value is -2.05. The summed E-state index contributed by atoms with van der Waals surface area (Å²) < 4.78 is 7.44. The first-order chi connectivity index (χ1) is 11.8. The van der Waals surface area contributed by atoms with Gasteiger partial charge in [-0.1, -0.05) is 17.7 Å². The van der Waals surface area contributed by atoms with Crippen LogP contribution < -0.4 is 4.74 Å². The van der Waals surface area contributed by atoms with Crippen LogP contribution in [0.15, 0.2) is 24.3 Å². The Morgan fingerprint density at radius 1 is 1.40 bits per heavy atom. The topological polar surface area (TPSA) is 67.6 Å². The Labute approximate surface area is 152 Å². The number of hydrogen-bond acceptors (Lipinski definition) is 4. The summed E-state index contributed by atoms with van der Waals surface area (Å²) in [6, 6.07) is 8.01. The van der Waals surface area contributed by atoms with Gasteiger partial charge < -0.3 is 9.84 Å². The number of halogens is 1. The standard InChI is InChI=1S/C18H22ClN3O3/c1-11-6-12(2)22(20-11)15-9-21(10-15)8-14-4-5-17(16(19)7-14)25-13(3)18(23)24/h4-7,13,15H,8-10H2,1-3H3,(H,23,24)/t13-/m0/s1. The lowest BCUT2D eigenvalue weighted by molar-refractivity contribution is -0.144. The summed E-state index contributed by atoms with van der Waals surface area (Å²) in [7, 11) is 0. The molecule has 1 N–H and O–H groups in total. The number of nitrogens with zero attached hydrogens (tertiary/aromatic N) is 3. The summed E-state index contributed by atoms with van der Waals surface area (Å²) in [6.07, 6.45) is -0.930. The van der Waals surface area contributed by atoms with Crippen molar-refractivity contribution >= 4 is 17.6 Å². The quantitative estimate of drug-likeness (QED) is 0.854. The van der Waals surface area contributed by atoms with Gasteiger partial charge in [0.15, 0.2) is 6.10 Å². The number of carboxylic acids is 1. The minimum absolute atomic E-state index is 0.393. The van der Waals surface area contributed by atoms with Crippen molar-refractivity contribution in [3.63, 3.8) is 0 Å². The average molecular weight is 364 g/mol. The zero-order valence-corrected chi connectivity index (χ0v) is 15.3. The Morgan fingerprint density at radius 3 is 2.68 bits per heavy atom. The summed E-state index contributed by atoms with van der Waals surface area (Å²) in [5.41, 5.74) is 3.32. The van der Waals surface area contributed by atoms with E-state index in [9.17, 15) is 4.79 Å². The van der Waals surface area contributed by atoms with Crippen molar-refractivity contribution in [1.82, 2.24) is 14.7 Å². The number of aliphatic carboxylic acids is 1. The molecule has 0 spiro atoms. The normalized spacial score (nSPS) is 16.5. The van der Waals surface area contributed by atoms with Gasteiger partial charge in [-0.05, 0) is 44.5 Å². The second-order valence-electron chi connectivity index (χ2n) is 6.58. The van der Waals surface area contributed by atoms with Crippen molar-refractivity contribution in [2.45, 2.75) is 39.5 Å². The van der Waals surface area contributed by atoms with Gasteiger partial charge in [-0.3, -0.25) is 9.58 Å². The number of likely N-dealkylation sites (tertiary alicyclic amines) is 1. The minimum Gasteiger partial charge on any atom is -0.479 e. The van der Waals surface area contributed by atoms with Gasteiger partial charge in [0.2, 0.25) is 0 Å². The van der Waals surface area contributed by atoms with Crippen molar-refractivity contribution in [1.29, 1.82) is 0 Å². The molecule has 1 aliphatic heterocycles. The highest BCUT2D eigenvalue weighted by molar-refractivity contribution is 6.32. The number of benzene rings is 1. The van der Waals surface area contributed by atoms with E-state index >= 15 is 0 Å². The summed E-state index contributed by atoms with van der Waals surface area (Å²) in [4.78, 5) is 13.2. The third-order valence-electron chi connectivity index (χ3n) is 4.38. The molecule has 0 radical (unpaired) electrons. The molecule has 0 saturated carbocycles. The lowest BCUT2D eigenvalue weighted by Gasteiger charge is -2.39. The monoisotopic (exact) mass is 363 g/mol. The third-order valence-corrected chi connectivity index (χ3v) is 4.68. The maximum atomic E-state index is 10.9. The van der Waals surface area contributed by atoms with Crippen LogP contribution in [0.5, 0.6) is 5.75 Å². The van der Waals surface area contributed by atoms with Crippen LogP contribution in [0.3, 0.4) is 0 Å². The molecule has 1 aromatic carbocycles. The van der Waals surface area contributed by atoms with E-state index in [-0.39, 0.29) is 0 Å². The molecule has 2 heterocycles. The second-order valence-corrected chi connectivity index (χ2v) is 6.99. The van der Waals surface area contributed by atoms with Crippen LogP contribution in [-0.2, 0) is 11.3 Å². The predicted molar refractivity (Wildman–Crippen MR) is 95.2 cm³/mol. The average Bonchev–Trinajstić information content (AvgIpc) is 2.83. The van der Waals surface area contributed by atoms with Crippen molar-refractivity contribution < 1.29 is 14.6 Å². The lowest BCUT2D eigenvalue weighted by atomic mass is 10.1. The van der Waals surface area contributed by atoms with Crippen LogP contribution in [-0.4, -0.2) is 44.9 Å². The van der Waals surface area contributed by atoms with Gasteiger partial charge in [-0.2, -0.15) is 5.10 Å². The number of carboxylic acid groups (broad SMARTS) is 1. The molecule has 0 amide bonds. The van der Waals surface area contributed by atoms with Gasteiger partial charge >= 0.3 is 5.97 Å². The van der Waals surface area contributed by atoms with E-state index in [2.05, 4.69) is 27.7 Å². The fourth-order valence-corrected chi connectivity index (χ4v) is 3.33. The van der Waals surface area contributed by atoms with Crippen molar-refractivity contribution in [3.8, 4) is 5.75 Å². The predicted octanol–water partition coefficient (Wildman–Crippen LogP) is 3.06. The number of carbonyl (C=O) groups is 1. The number of rotatable bonds is 6. The van der Waals surface area contributed by atoms with E-state index in [1.807, 2.05) is 19.1 Å². The molecule has 1 aliphatic rings. The highest BCUT2D eigenvalue weighted by Crippen LogP contribution is 2.29. The molecule has 1 atom stereocenters. The van der Waals surface area contributed by atoms with Crippen LogP contribution in [0, 0.1) is 13.8 Å². The van der Waals surface area contributed by atoms with E-state index in [0.29, 0.717) is 16.8 Å². The first-order valence-corrected chi connectivity index (χ1v) is 8.64. The van der Waals surface area contributed by atoms with E-state index in [0.717, 1.165) is 30.9 Å². The number of ether oxygens (including phenoxy) is 1. The van der Waals surface area contributed by atoms with Crippen LogP contribution in [0.25, 0.3) is 0 Å². The van der Waals surface area contributed by atoms with E-state index < -0.39 is 12.1 Å². The van der Waals surface area contributed by atoms with Gasteiger partial charge in [-0.25, -0.2) is 4.79 Å². The highest BCUT2D eigenvalue weighted by Gasteiger charge is 2.29. The zero-order chi connectivity index (χ0) is 18.1. The van der Waals surface area contributed by atoms with Crippen LogP contribution in [0.4, 0.5) is 0 Å². The lowest BCUT2D eigenvalue weighted by Crippen LogP contribution is -2.47. The van der Waals surface area contributed by atoms with E-state index in [1.54, 1.807) is 6.07 Å². The van der Waals surface area contributed by atoms with Gasteiger partial charge in [-0.15, -0.1) is 0 Å². The smallest absolute Gasteiger partial charge is 0.344 e. The largest absolute Gasteiger partial charge is 0.479 e. The summed E-state index contributed by atoms with van der Waals surface area (Å²) >= 11 is 6.22. The Morgan fingerprint density at radius 2 is 2.12 bits per heavy atom. The Balaban J connectivity index is 1.57. The van der Waals surface area contributed by atoms with Gasteiger partial charge in [0.25, 0.3) is 0 Å². The molecule has 0 unspecified atom stereocenters. The van der Waals surface area contributed by atoms with Crippen molar-refractivity contribution in [2.24, 2.45) is 0 Å². The minimum atomic E-state index is -1.02. The summed E-state index contributed by atoms with van der Waals surface area (Å²) in [6.45, 7) is 8.27. The number of hydrogen-bond donors (Lipinski definition) is 1. The fourth-order valence-electron chi connectivity index (χ4n) is 3.08. The van der Waals surface area contributed by atoms with Crippen LogP contribution in [0.2, 0.25) is 5.02 Å². The SMILES string of the molecule is Cc1cc(C)n(C2CN(Cc3ccc(O[C@@H](C)C(=O)O)c(Cl)c3)C2)n1. The molecular formula is C18H22ClN3O3. The van der Waals surface area contributed by atoms with Crippen LogP contribution in [0.1, 0.15) is 29.9 Å². The molecule has 134 valence electrons. The van der Waals surface area contributed by atoms with Crippen molar-refractivity contribution in [2.75, 3.05) is 13.1 Å². The highest BCUT2D eigenvalue weighted by atomic mass is 35.5. The van der Waals surface area contributed by atoms with E-state index in [1.165, 1.54) is 12.6 Å². The molecule has 3 rings (SSSR count). The fraction of sp³-hybridized carbons (Fsp3) is 0.444. The third kappa shape index (κ3) is 3.96. The maximum Gasteiger partial charge on any atom is 0.344 e. The molecule has 1 saturated heterocycles. The van der Waals surface area contributed by atoms with Crippen molar-refractivity contribution in [3.05, 3.63) is 46.2 Å². The molecule has 0 bridgehead atoms. The van der Waals surface area contributed by atoms with E-state index in [4.69, 9.17) is 21.4 Å². The first-order valence-electron chi connectivity index (χ1n) is 8.26. The number of aryl methyl sites for hydroxylation is 2. The molecule has 25 heavy (non-hydrogen) atoms.